The van der Waals surface area contributed by atoms with E-state index in [0.717, 1.165) is 61.2 Å². The molecule has 0 aromatic carbocycles. The zero-order chi connectivity index (χ0) is 20.9. The number of carbonyl (C=O) groups is 2. The van der Waals surface area contributed by atoms with Gasteiger partial charge in [-0.1, -0.05) is 19.3 Å². The smallest absolute Gasteiger partial charge is 0.254 e. The third kappa shape index (κ3) is 5.06. The average molecular weight is 434 g/mol. The maximum absolute atomic E-state index is 12.9. The Balaban J connectivity index is 1.41. The molecule has 1 aromatic rings. The molecule has 2 heterocycles. The van der Waals surface area contributed by atoms with Crippen molar-refractivity contribution in [3.05, 3.63) is 16.0 Å². The number of amides is 2. The number of hydrogen-bond acceptors (Lipinski definition) is 5. The van der Waals surface area contributed by atoms with E-state index in [1.54, 1.807) is 18.4 Å². The Bertz CT molecular complexity index is 763. The van der Waals surface area contributed by atoms with Crippen molar-refractivity contribution in [2.24, 2.45) is 11.8 Å². The van der Waals surface area contributed by atoms with Crippen LogP contribution in [-0.4, -0.2) is 56.6 Å². The number of fused-ring (bicyclic) bond motifs is 2. The van der Waals surface area contributed by atoms with Crippen LogP contribution in [0.15, 0.2) is 0 Å². The Hall–Kier alpha value is -1.44. The van der Waals surface area contributed by atoms with Gasteiger partial charge >= 0.3 is 0 Å². The van der Waals surface area contributed by atoms with E-state index in [0.29, 0.717) is 25.3 Å². The molecule has 2 N–H and O–H groups in total. The molecule has 1 aliphatic heterocycles. The molecule has 2 atom stereocenters. The first-order chi connectivity index (χ1) is 14.7. The lowest BCUT2D eigenvalue weighted by atomic mass is 9.75. The first-order valence-corrected chi connectivity index (χ1v) is 12.4. The monoisotopic (exact) mass is 433 g/mol. The standard InChI is InChI=1S/C23H35N3O3S/c1-29-13-11-24-22(28)21-18-8-4-5-9-19(18)30-23(21)25-20(27)15-26-12-10-16-6-2-3-7-17(16)14-26/h16-17H,2-15H2,1H3,(H,24,28)(H,25,27)/t16-,17-/m1/s1. The number of likely N-dealkylation sites (tertiary alicyclic amines) is 1. The van der Waals surface area contributed by atoms with Gasteiger partial charge in [0.2, 0.25) is 5.91 Å². The average Bonchev–Trinajstić information content (AvgIpc) is 3.11. The van der Waals surface area contributed by atoms with Crippen LogP contribution < -0.4 is 10.6 Å². The fraction of sp³-hybridized carbons (Fsp3) is 0.739. The number of nitrogens with one attached hydrogen (secondary N) is 2. The van der Waals surface area contributed by atoms with Crippen molar-refractivity contribution in [2.45, 2.75) is 57.8 Å². The van der Waals surface area contributed by atoms with E-state index in [2.05, 4.69) is 15.5 Å². The van der Waals surface area contributed by atoms with Crippen LogP contribution in [0.1, 0.15) is 65.7 Å². The molecule has 4 rings (SSSR count). The summed E-state index contributed by atoms with van der Waals surface area (Å²) in [7, 11) is 1.63. The molecule has 3 aliphatic rings. The molecule has 0 bridgehead atoms. The van der Waals surface area contributed by atoms with Crippen LogP contribution in [0.2, 0.25) is 0 Å². The van der Waals surface area contributed by atoms with Crippen LogP contribution in [0.3, 0.4) is 0 Å². The summed E-state index contributed by atoms with van der Waals surface area (Å²) >= 11 is 1.60. The lowest BCUT2D eigenvalue weighted by molar-refractivity contribution is -0.118. The van der Waals surface area contributed by atoms with Gasteiger partial charge in [0.1, 0.15) is 5.00 Å². The molecule has 2 fully saturated rings. The summed E-state index contributed by atoms with van der Waals surface area (Å²) in [5.74, 6) is 1.54. The predicted octanol–water partition coefficient (Wildman–Crippen LogP) is 3.45. The molecular weight excluding hydrogens is 398 g/mol. The number of aryl methyl sites for hydroxylation is 1. The van der Waals surface area contributed by atoms with Crippen LogP contribution in [0.25, 0.3) is 0 Å². The van der Waals surface area contributed by atoms with Gasteiger partial charge in [-0.3, -0.25) is 14.5 Å². The summed E-state index contributed by atoms with van der Waals surface area (Å²) in [6.07, 6.45) is 10.8. The molecule has 6 nitrogen and oxygen atoms in total. The Morgan fingerprint density at radius 2 is 1.90 bits per heavy atom. The highest BCUT2D eigenvalue weighted by molar-refractivity contribution is 7.17. The molecule has 2 aliphatic carbocycles. The van der Waals surface area contributed by atoms with E-state index < -0.39 is 0 Å². The molecule has 30 heavy (non-hydrogen) atoms. The highest BCUT2D eigenvalue weighted by atomic mass is 32.1. The molecule has 166 valence electrons. The number of ether oxygens (including phenoxy) is 1. The second-order valence-electron chi connectivity index (χ2n) is 9.04. The maximum atomic E-state index is 12.9. The van der Waals surface area contributed by atoms with E-state index in [1.165, 1.54) is 37.0 Å². The molecule has 1 aromatic heterocycles. The van der Waals surface area contributed by atoms with Gasteiger partial charge in [-0.25, -0.2) is 0 Å². The molecule has 2 amide bonds. The molecular formula is C23H35N3O3S. The third-order valence-electron chi connectivity index (χ3n) is 6.99. The zero-order valence-electron chi connectivity index (χ0n) is 18.1. The van der Waals surface area contributed by atoms with Crippen LogP contribution in [-0.2, 0) is 22.4 Å². The summed E-state index contributed by atoms with van der Waals surface area (Å²) in [5, 5.41) is 6.78. The van der Waals surface area contributed by atoms with Crippen LogP contribution in [0, 0.1) is 11.8 Å². The van der Waals surface area contributed by atoms with Crippen molar-refractivity contribution in [3.63, 3.8) is 0 Å². The van der Waals surface area contributed by atoms with Gasteiger partial charge in [-0.15, -0.1) is 11.3 Å². The number of piperidine rings is 1. The minimum Gasteiger partial charge on any atom is -0.383 e. The molecule has 7 heteroatoms. The van der Waals surface area contributed by atoms with E-state index in [1.807, 2.05) is 0 Å². The normalized spacial score (nSPS) is 24.0. The van der Waals surface area contributed by atoms with Gasteiger partial charge in [-0.2, -0.15) is 0 Å². The van der Waals surface area contributed by atoms with Gasteiger partial charge in [0.25, 0.3) is 5.91 Å². The van der Waals surface area contributed by atoms with Gasteiger partial charge in [0, 0.05) is 25.1 Å². The highest BCUT2D eigenvalue weighted by Gasteiger charge is 2.32. The Morgan fingerprint density at radius 1 is 1.10 bits per heavy atom. The highest BCUT2D eigenvalue weighted by Crippen LogP contribution is 2.39. The Labute approximate surface area is 183 Å². The summed E-state index contributed by atoms with van der Waals surface area (Å²) in [5.41, 5.74) is 1.82. The van der Waals surface area contributed by atoms with Gasteiger partial charge in [0.05, 0.1) is 18.7 Å². The number of anilines is 1. The summed E-state index contributed by atoms with van der Waals surface area (Å²) in [4.78, 5) is 29.3. The molecule has 1 saturated carbocycles. The number of nitrogens with zero attached hydrogens (tertiary/aromatic N) is 1. The van der Waals surface area contributed by atoms with Gasteiger partial charge < -0.3 is 15.4 Å². The van der Waals surface area contributed by atoms with Crippen molar-refractivity contribution in [1.29, 1.82) is 0 Å². The second-order valence-corrected chi connectivity index (χ2v) is 10.1. The summed E-state index contributed by atoms with van der Waals surface area (Å²) in [6, 6.07) is 0. The number of hydrogen-bond donors (Lipinski definition) is 2. The number of rotatable bonds is 7. The quantitative estimate of drug-likeness (QED) is 0.646. The van der Waals surface area contributed by atoms with Crippen molar-refractivity contribution in [2.75, 3.05) is 45.2 Å². The van der Waals surface area contributed by atoms with Crippen molar-refractivity contribution >= 4 is 28.2 Å². The van der Waals surface area contributed by atoms with E-state index in [9.17, 15) is 9.59 Å². The summed E-state index contributed by atoms with van der Waals surface area (Å²) in [6.45, 7) is 3.44. The number of carbonyl (C=O) groups excluding carboxylic acids is 2. The lowest BCUT2D eigenvalue weighted by Gasteiger charge is -2.41. The lowest BCUT2D eigenvalue weighted by Crippen LogP contribution is -2.44. The molecule has 1 saturated heterocycles. The Morgan fingerprint density at radius 3 is 2.73 bits per heavy atom. The van der Waals surface area contributed by atoms with Crippen LogP contribution in [0.5, 0.6) is 0 Å². The second kappa shape index (κ2) is 10.2. The SMILES string of the molecule is COCCNC(=O)c1c(NC(=O)CN2CC[C@H]3CCCC[C@@H]3C2)sc2c1CCCC2. The molecule has 0 radical (unpaired) electrons. The number of thiophene rings is 1. The molecule has 0 spiro atoms. The molecule has 0 unspecified atom stereocenters. The van der Waals surface area contributed by atoms with Crippen LogP contribution in [0.4, 0.5) is 5.00 Å². The van der Waals surface area contributed by atoms with E-state index >= 15 is 0 Å². The van der Waals surface area contributed by atoms with Crippen molar-refractivity contribution in [3.8, 4) is 0 Å². The third-order valence-corrected chi connectivity index (χ3v) is 8.19. The van der Waals surface area contributed by atoms with Crippen molar-refractivity contribution < 1.29 is 14.3 Å². The fourth-order valence-corrected chi connectivity index (χ4v) is 6.74. The summed E-state index contributed by atoms with van der Waals surface area (Å²) < 4.78 is 5.05. The maximum Gasteiger partial charge on any atom is 0.254 e. The van der Waals surface area contributed by atoms with E-state index in [-0.39, 0.29) is 11.8 Å². The van der Waals surface area contributed by atoms with Gasteiger partial charge in [-0.05, 0) is 62.5 Å². The van der Waals surface area contributed by atoms with Crippen LogP contribution >= 0.6 is 11.3 Å². The predicted molar refractivity (Wildman–Crippen MR) is 120 cm³/mol. The first kappa shape index (κ1) is 21.8. The first-order valence-electron chi connectivity index (χ1n) is 11.6. The fourth-order valence-electron chi connectivity index (χ4n) is 5.44. The van der Waals surface area contributed by atoms with E-state index in [4.69, 9.17) is 4.74 Å². The van der Waals surface area contributed by atoms with Gasteiger partial charge in [0.15, 0.2) is 0 Å². The number of methoxy groups -OCH3 is 1. The largest absolute Gasteiger partial charge is 0.383 e. The van der Waals surface area contributed by atoms with Crippen molar-refractivity contribution in [1.82, 2.24) is 10.2 Å². The zero-order valence-corrected chi connectivity index (χ0v) is 19.0. The topological polar surface area (TPSA) is 70.7 Å². The minimum absolute atomic E-state index is 0.00815. The Kier molecular flexibility index (Phi) is 7.44. The minimum atomic E-state index is -0.0928.